The number of hydrogen-bond donors (Lipinski definition) is 1. The van der Waals surface area contributed by atoms with E-state index in [9.17, 15) is 9.59 Å². The first kappa shape index (κ1) is 19.4. The summed E-state index contributed by atoms with van der Waals surface area (Å²) < 4.78 is 0. The summed E-state index contributed by atoms with van der Waals surface area (Å²) in [4.78, 5) is 25.8. The highest BCUT2D eigenvalue weighted by Crippen LogP contribution is 2.38. The molecule has 0 heterocycles. The standard InChI is InChI=1S/C22H29NO2/c1-5-7-16-10-14(3)21(15(4)11-16)22-19(24)12-18(13-20(22)25)17(6-2)8-9-23/h10-11,17-18,22H,6,8-9,12-13,23H2,1-4H3. The summed E-state index contributed by atoms with van der Waals surface area (Å²) in [7, 11) is 0. The van der Waals surface area contributed by atoms with Crippen LogP contribution < -0.4 is 5.73 Å². The fourth-order valence-electron chi connectivity index (χ4n) is 4.29. The van der Waals surface area contributed by atoms with Gasteiger partial charge in [-0.2, -0.15) is 0 Å². The van der Waals surface area contributed by atoms with Crippen LogP contribution in [0.25, 0.3) is 0 Å². The molecule has 2 rings (SSSR count). The van der Waals surface area contributed by atoms with Gasteiger partial charge in [0.1, 0.15) is 17.5 Å². The van der Waals surface area contributed by atoms with Gasteiger partial charge in [-0.15, -0.1) is 5.92 Å². The summed E-state index contributed by atoms with van der Waals surface area (Å²) in [6, 6.07) is 3.96. The smallest absolute Gasteiger partial charge is 0.148 e. The van der Waals surface area contributed by atoms with E-state index >= 15 is 0 Å². The number of carbonyl (C=O) groups excluding carboxylic acids is 2. The molecule has 134 valence electrons. The minimum Gasteiger partial charge on any atom is -0.330 e. The maximum absolute atomic E-state index is 12.9. The Labute approximate surface area is 151 Å². The number of nitrogens with two attached hydrogens (primary N) is 1. The third kappa shape index (κ3) is 4.19. The topological polar surface area (TPSA) is 60.2 Å². The summed E-state index contributed by atoms with van der Waals surface area (Å²) in [6.45, 7) is 8.47. The molecule has 25 heavy (non-hydrogen) atoms. The van der Waals surface area contributed by atoms with Crippen LogP contribution in [0.15, 0.2) is 12.1 Å². The van der Waals surface area contributed by atoms with Crippen LogP contribution in [0.1, 0.15) is 67.7 Å². The highest BCUT2D eigenvalue weighted by Gasteiger charge is 2.39. The average molecular weight is 339 g/mol. The number of benzene rings is 1. The number of rotatable bonds is 5. The normalized spacial score (nSPS) is 21.6. The first-order valence-corrected chi connectivity index (χ1v) is 9.22. The van der Waals surface area contributed by atoms with Gasteiger partial charge in [-0.05, 0) is 74.4 Å². The van der Waals surface area contributed by atoms with E-state index in [1.54, 1.807) is 6.92 Å². The maximum Gasteiger partial charge on any atom is 0.148 e. The molecule has 0 aliphatic heterocycles. The van der Waals surface area contributed by atoms with Crippen LogP contribution in [0, 0.1) is 37.5 Å². The van der Waals surface area contributed by atoms with Crippen molar-refractivity contribution in [3.8, 4) is 11.8 Å². The van der Waals surface area contributed by atoms with E-state index in [-0.39, 0.29) is 17.5 Å². The lowest BCUT2D eigenvalue weighted by molar-refractivity contribution is -0.134. The van der Waals surface area contributed by atoms with Crippen molar-refractivity contribution in [2.75, 3.05) is 6.54 Å². The second-order valence-corrected chi connectivity index (χ2v) is 7.18. The van der Waals surface area contributed by atoms with E-state index in [0.717, 1.165) is 35.1 Å². The Balaban J connectivity index is 2.31. The van der Waals surface area contributed by atoms with E-state index < -0.39 is 5.92 Å². The van der Waals surface area contributed by atoms with E-state index in [0.29, 0.717) is 25.3 Å². The van der Waals surface area contributed by atoms with Crippen LogP contribution >= 0.6 is 0 Å². The average Bonchev–Trinajstić information content (AvgIpc) is 2.54. The number of hydrogen-bond acceptors (Lipinski definition) is 3. The maximum atomic E-state index is 12.9. The third-order valence-electron chi connectivity index (χ3n) is 5.45. The summed E-state index contributed by atoms with van der Waals surface area (Å²) in [5.74, 6) is 6.00. The van der Waals surface area contributed by atoms with Gasteiger partial charge in [0.15, 0.2) is 0 Å². The van der Waals surface area contributed by atoms with Crippen molar-refractivity contribution in [2.24, 2.45) is 17.6 Å². The lowest BCUT2D eigenvalue weighted by atomic mass is 9.69. The fraction of sp³-hybridized carbons (Fsp3) is 0.545. The van der Waals surface area contributed by atoms with Gasteiger partial charge in [-0.3, -0.25) is 9.59 Å². The number of aryl methyl sites for hydroxylation is 2. The molecular weight excluding hydrogens is 310 g/mol. The van der Waals surface area contributed by atoms with E-state index in [1.807, 2.05) is 26.0 Å². The second-order valence-electron chi connectivity index (χ2n) is 7.18. The largest absolute Gasteiger partial charge is 0.330 e. The van der Waals surface area contributed by atoms with E-state index in [2.05, 4.69) is 18.8 Å². The SMILES string of the molecule is CC#Cc1cc(C)c(C2C(=O)CC(C(CC)CCN)CC2=O)c(C)c1. The molecule has 0 spiro atoms. The molecule has 0 radical (unpaired) electrons. The van der Waals surface area contributed by atoms with Crippen LogP contribution in [0.4, 0.5) is 0 Å². The van der Waals surface area contributed by atoms with E-state index in [1.165, 1.54) is 0 Å². The van der Waals surface area contributed by atoms with E-state index in [4.69, 9.17) is 5.73 Å². The minimum absolute atomic E-state index is 0.0669. The van der Waals surface area contributed by atoms with Gasteiger partial charge in [0.2, 0.25) is 0 Å². The molecule has 1 aromatic carbocycles. The van der Waals surface area contributed by atoms with Gasteiger partial charge >= 0.3 is 0 Å². The summed E-state index contributed by atoms with van der Waals surface area (Å²) in [5, 5.41) is 0. The minimum atomic E-state index is -0.602. The Kier molecular flexibility index (Phi) is 6.56. The molecule has 1 unspecified atom stereocenters. The molecule has 3 heteroatoms. The van der Waals surface area contributed by atoms with Crippen LogP contribution in [-0.4, -0.2) is 18.1 Å². The molecule has 2 N–H and O–H groups in total. The number of ketones is 2. The van der Waals surface area contributed by atoms with Crippen LogP contribution in [0.5, 0.6) is 0 Å². The van der Waals surface area contributed by atoms with Crippen molar-refractivity contribution in [1.29, 1.82) is 0 Å². The van der Waals surface area contributed by atoms with Gasteiger partial charge < -0.3 is 5.73 Å². The Bertz CT molecular complexity index is 682. The quantitative estimate of drug-likeness (QED) is 0.657. The molecule has 1 atom stereocenters. The van der Waals surface area contributed by atoms with Gasteiger partial charge in [0.25, 0.3) is 0 Å². The van der Waals surface area contributed by atoms with Gasteiger partial charge in [0.05, 0.1) is 0 Å². The first-order valence-electron chi connectivity index (χ1n) is 9.22. The molecule has 1 saturated carbocycles. The van der Waals surface area contributed by atoms with Crippen LogP contribution in [0.3, 0.4) is 0 Å². The Hall–Kier alpha value is -1.92. The molecule has 1 aromatic rings. The molecular formula is C22H29NO2. The molecule has 0 bridgehead atoms. The van der Waals surface area contributed by atoms with Crippen molar-refractivity contribution in [1.82, 2.24) is 0 Å². The van der Waals surface area contributed by atoms with Crippen molar-refractivity contribution in [3.63, 3.8) is 0 Å². The van der Waals surface area contributed by atoms with Crippen molar-refractivity contribution < 1.29 is 9.59 Å². The number of Topliss-reactive ketones (excluding diaryl/α,β-unsaturated/α-hetero) is 2. The molecule has 0 aromatic heterocycles. The fourth-order valence-corrected chi connectivity index (χ4v) is 4.29. The zero-order valence-corrected chi connectivity index (χ0v) is 15.8. The van der Waals surface area contributed by atoms with Gasteiger partial charge in [-0.1, -0.05) is 19.3 Å². The highest BCUT2D eigenvalue weighted by atomic mass is 16.2. The summed E-state index contributed by atoms with van der Waals surface area (Å²) >= 11 is 0. The van der Waals surface area contributed by atoms with Crippen molar-refractivity contribution >= 4 is 11.6 Å². The predicted molar refractivity (Wildman–Crippen MR) is 101 cm³/mol. The molecule has 0 saturated heterocycles. The Morgan fingerprint density at radius 2 is 1.72 bits per heavy atom. The Morgan fingerprint density at radius 3 is 2.16 bits per heavy atom. The summed E-state index contributed by atoms with van der Waals surface area (Å²) in [6.07, 6.45) is 2.83. The molecule has 1 aliphatic rings. The lowest BCUT2D eigenvalue weighted by Crippen LogP contribution is -2.36. The Morgan fingerprint density at radius 1 is 1.16 bits per heavy atom. The first-order chi connectivity index (χ1) is 11.9. The molecule has 1 fully saturated rings. The lowest BCUT2D eigenvalue weighted by Gasteiger charge is -2.33. The third-order valence-corrected chi connectivity index (χ3v) is 5.45. The van der Waals surface area contributed by atoms with Crippen LogP contribution in [-0.2, 0) is 9.59 Å². The monoisotopic (exact) mass is 339 g/mol. The van der Waals surface area contributed by atoms with Gasteiger partial charge in [0, 0.05) is 18.4 Å². The summed E-state index contributed by atoms with van der Waals surface area (Å²) in [5.41, 5.74) is 9.49. The molecule has 0 amide bonds. The highest BCUT2D eigenvalue weighted by molar-refractivity contribution is 6.10. The van der Waals surface area contributed by atoms with Crippen molar-refractivity contribution in [3.05, 3.63) is 34.4 Å². The van der Waals surface area contributed by atoms with Crippen molar-refractivity contribution in [2.45, 2.75) is 59.3 Å². The predicted octanol–water partition coefficient (Wildman–Crippen LogP) is 3.68. The zero-order valence-electron chi connectivity index (χ0n) is 15.8. The number of carbonyl (C=O) groups is 2. The van der Waals surface area contributed by atoms with Crippen LogP contribution in [0.2, 0.25) is 0 Å². The zero-order chi connectivity index (χ0) is 18.6. The molecule has 3 nitrogen and oxygen atoms in total. The molecule has 1 aliphatic carbocycles. The van der Waals surface area contributed by atoms with Gasteiger partial charge in [-0.25, -0.2) is 0 Å². The second kappa shape index (κ2) is 8.45.